The summed E-state index contributed by atoms with van der Waals surface area (Å²) in [5.41, 5.74) is 1.01. The van der Waals surface area contributed by atoms with E-state index in [1.807, 2.05) is 11.6 Å². The van der Waals surface area contributed by atoms with Crippen molar-refractivity contribution in [3.63, 3.8) is 0 Å². The summed E-state index contributed by atoms with van der Waals surface area (Å²) in [6.45, 7) is 4.22. The van der Waals surface area contributed by atoms with Gasteiger partial charge in [0.15, 0.2) is 5.69 Å². The number of rotatable bonds is 11. The summed E-state index contributed by atoms with van der Waals surface area (Å²) in [5, 5.41) is 12.9. The Morgan fingerprint density at radius 1 is 1.00 bits per heavy atom. The zero-order valence-electron chi connectivity index (χ0n) is 26.9. The number of ether oxygens (including phenoxy) is 2. The molecule has 2 heterocycles. The molecule has 1 amide bonds. The number of esters is 1. The molecule has 3 aromatic carbocycles. The molecule has 1 fully saturated rings. The molecule has 0 radical (unpaired) electrons. The summed E-state index contributed by atoms with van der Waals surface area (Å²) >= 11 is 0. The second kappa shape index (κ2) is 15.4. The fraction of sp³-hybridized carbons (Fsp3) is 0.303. The second-order valence-corrected chi connectivity index (χ2v) is 13.1. The van der Waals surface area contributed by atoms with Gasteiger partial charge in [-0.3, -0.25) is 5.01 Å². The maximum absolute atomic E-state index is 13.5. The van der Waals surface area contributed by atoms with Crippen molar-refractivity contribution < 1.29 is 45.5 Å². The average molecular weight is 715 g/mol. The standard InChI is InChI=1S/C33H33F3N6O7S/c1-22-8-10-25(11-9-22)29-20-30(33(34,35)36)37-42(29)27-12-14-28(15-13-27)50(45,46)38-32(44)47-21-24-16-18-41(19-17-24)39-40-49-23(2)48-31(43)26-6-4-3-5-7-26/h3-15,20,23-24H,16-19,21H2,1-2H3,(H,38,44). The van der Waals surface area contributed by atoms with Gasteiger partial charge in [-0.15, -0.1) is 0 Å². The normalized spacial score (nSPS) is 14.7. The maximum Gasteiger partial charge on any atom is 0.435 e. The first-order chi connectivity index (χ1) is 23.8. The van der Waals surface area contributed by atoms with Gasteiger partial charge in [0, 0.05) is 30.9 Å². The van der Waals surface area contributed by atoms with Crippen molar-refractivity contribution in [1.82, 2.24) is 19.5 Å². The summed E-state index contributed by atoms with van der Waals surface area (Å²) in [7, 11) is -4.36. The highest BCUT2D eigenvalue weighted by Gasteiger charge is 2.35. The van der Waals surface area contributed by atoms with Gasteiger partial charge >= 0.3 is 18.2 Å². The van der Waals surface area contributed by atoms with Gasteiger partial charge in [-0.05, 0) is 73.4 Å². The van der Waals surface area contributed by atoms with Gasteiger partial charge < -0.3 is 14.3 Å². The number of halogens is 3. The first-order valence-corrected chi connectivity index (χ1v) is 16.9. The van der Waals surface area contributed by atoms with Crippen molar-refractivity contribution >= 4 is 22.1 Å². The molecule has 4 aromatic rings. The summed E-state index contributed by atoms with van der Waals surface area (Å²) in [5.74, 6) is -0.632. The number of alkyl halides is 3. The van der Waals surface area contributed by atoms with E-state index < -0.39 is 40.2 Å². The van der Waals surface area contributed by atoms with Gasteiger partial charge in [0.25, 0.3) is 16.3 Å². The Bertz CT molecular complexity index is 1910. The van der Waals surface area contributed by atoms with Gasteiger partial charge in [-0.25, -0.2) is 27.4 Å². The Hall–Kier alpha value is -5.45. The highest BCUT2D eigenvalue weighted by molar-refractivity contribution is 7.90. The van der Waals surface area contributed by atoms with Crippen LogP contribution in [-0.4, -0.2) is 61.3 Å². The lowest BCUT2D eigenvalue weighted by Crippen LogP contribution is -2.35. The van der Waals surface area contributed by atoms with E-state index in [9.17, 15) is 31.2 Å². The summed E-state index contributed by atoms with van der Waals surface area (Å²) in [4.78, 5) is 29.2. The third-order valence-corrected chi connectivity index (χ3v) is 8.97. The van der Waals surface area contributed by atoms with Crippen LogP contribution in [0.25, 0.3) is 16.9 Å². The largest absolute Gasteiger partial charge is 0.449 e. The number of aryl methyl sites for hydroxylation is 1. The molecule has 1 atom stereocenters. The first kappa shape index (κ1) is 35.8. The molecular formula is C33H33F3N6O7S. The van der Waals surface area contributed by atoms with E-state index in [1.165, 1.54) is 19.1 Å². The molecule has 264 valence electrons. The van der Waals surface area contributed by atoms with Gasteiger partial charge in [0.2, 0.25) is 0 Å². The lowest BCUT2D eigenvalue weighted by Gasteiger charge is -2.28. The van der Waals surface area contributed by atoms with Crippen LogP contribution in [0.3, 0.4) is 0 Å². The number of carbonyl (C=O) groups is 2. The minimum atomic E-state index is -4.70. The molecule has 17 heteroatoms. The van der Waals surface area contributed by atoms with E-state index in [0.29, 0.717) is 37.1 Å². The summed E-state index contributed by atoms with van der Waals surface area (Å²) in [6, 6.07) is 21.1. The number of carbonyl (C=O) groups excluding carboxylic acids is 2. The van der Waals surface area contributed by atoms with E-state index in [0.717, 1.165) is 28.4 Å². The Balaban J connectivity index is 1.09. The van der Waals surface area contributed by atoms with Crippen molar-refractivity contribution in [2.75, 3.05) is 19.7 Å². The van der Waals surface area contributed by atoms with Crippen LogP contribution in [0.5, 0.6) is 0 Å². The Morgan fingerprint density at radius 2 is 1.66 bits per heavy atom. The number of nitrogens with zero attached hydrogens (tertiary/aromatic N) is 5. The van der Waals surface area contributed by atoms with Crippen LogP contribution in [0, 0.1) is 12.8 Å². The summed E-state index contributed by atoms with van der Waals surface area (Å²) in [6.07, 6.45) is -5.71. The van der Waals surface area contributed by atoms with Crippen LogP contribution in [0.15, 0.2) is 100 Å². The Morgan fingerprint density at radius 3 is 2.30 bits per heavy atom. The monoisotopic (exact) mass is 714 g/mol. The molecule has 1 saturated heterocycles. The number of piperidine rings is 1. The SMILES string of the molecule is Cc1ccc(-c2cc(C(F)(F)F)nn2-c2ccc(S(=O)(=O)NC(=O)OCC3CCN(N=NOC(C)OC(=O)c4ccccc4)CC3)cc2)cc1. The van der Waals surface area contributed by atoms with Crippen LogP contribution in [0.1, 0.15) is 41.4 Å². The molecule has 1 unspecified atom stereocenters. The number of hydrogen-bond donors (Lipinski definition) is 1. The molecule has 0 bridgehead atoms. The fourth-order valence-electron chi connectivity index (χ4n) is 4.93. The molecule has 1 aliphatic heterocycles. The van der Waals surface area contributed by atoms with Crippen molar-refractivity contribution in [1.29, 1.82) is 0 Å². The number of amides is 1. The van der Waals surface area contributed by atoms with Crippen LogP contribution in [-0.2, 0) is 30.5 Å². The van der Waals surface area contributed by atoms with Crippen LogP contribution >= 0.6 is 0 Å². The van der Waals surface area contributed by atoms with Crippen molar-refractivity contribution in [2.24, 2.45) is 16.4 Å². The number of nitrogens with one attached hydrogen (secondary N) is 1. The van der Waals surface area contributed by atoms with E-state index in [-0.39, 0.29) is 28.8 Å². The minimum absolute atomic E-state index is 0.0448. The van der Waals surface area contributed by atoms with E-state index in [4.69, 9.17) is 14.3 Å². The third-order valence-electron chi connectivity index (χ3n) is 7.64. The molecule has 13 nitrogen and oxygen atoms in total. The maximum atomic E-state index is 13.5. The fourth-order valence-corrected chi connectivity index (χ4v) is 5.82. The Labute approximate surface area is 285 Å². The smallest absolute Gasteiger partial charge is 0.435 e. The Kier molecular flexibility index (Phi) is 11.0. The molecule has 5 rings (SSSR count). The lowest BCUT2D eigenvalue weighted by atomic mass is 9.99. The predicted octanol–water partition coefficient (Wildman–Crippen LogP) is 6.50. The van der Waals surface area contributed by atoms with E-state index in [2.05, 4.69) is 15.6 Å². The quantitative estimate of drug-likeness (QED) is 0.0794. The zero-order valence-corrected chi connectivity index (χ0v) is 27.7. The topological polar surface area (TPSA) is 154 Å². The average Bonchev–Trinajstić information content (AvgIpc) is 3.55. The molecule has 1 aliphatic rings. The van der Waals surface area contributed by atoms with Gasteiger partial charge in [-0.2, -0.15) is 18.3 Å². The van der Waals surface area contributed by atoms with Crippen LogP contribution < -0.4 is 4.72 Å². The molecule has 1 N–H and O–H groups in total. The number of aromatic nitrogens is 2. The van der Waals surface area contributed by atoms with Gasteiger partial charge in [0.1, 0.15) is 0 Å². The molecule has 0 saturated carbocycles. The van der Waals surface area contributed by atoms with E-state index in [1.54, 1.807) is 59.6 Å². The second-order valence-electron chi connectivity index (χ2n) is 11.4. The molecule has 0 spiro atoms. The highest BCUT2D eigenvalue weighted by atomic mass is 32.2. The minimum Gasteiger partial charge on any atom is -0.449 e. The van der Waals surface area contributed by atoms with Gasteiger partial charge in [0.05, 0.1) is 28.4 Å². The number of hydrogen-bond acceptors (Lipinski definition) is 10. The number of sulfonamides is 1. The van der Waals surface area contributed by atoms with Crippen molar-refractivity contribution in [2.45, 2.75) is 44.1 Å². The van der Waals surface area contributed by atoms with Crippen LogP contribution in [0.4, 0.5) is 18.0 Å². The predicted molar refractivity (Wildman–Crippen MR) is 172 cm³/mol. The first-order valence-electron chi connectivity index (χ1n) is 15.4. The molecule has 1 aromatic heterocycles. The molecule has 50 heavy (non-hydrogen) atoms. The molecule has 0 aliphatic carbocycles. The van der Waals surface area contributed by atoms with Crippen LogP contribution in [0.2, 0.25) is 0 Å². The van der Waals surface area contributed by atoms with E-state index >= 15 is 0 Å². The highest BCUT2D eigenvalue weighted by Crippen LogP contribution is 2.33. The zero-order chi connectivity index (χ0) is 35.9. The van der Waals surface area contributed by atoms with Gasteiger partial charge in [-0.1, -0.05) is 48.0 Å². The van der Waals surface area contributed by atoms with Crippen molar-refractivity contribution in [3.05, 3.63) is 102 Å². The number of benzene rings is 3. The lowest BCUT2D eigenvalue weighted by molar-refractivity contribution is -0.141. The van der Waals surface area contributed by atoms with Crippen molar-refractivity contribution in [3.8, 4) is 16.9 Å². The molecular weight excluding hydrogens is 681 g/mol. The summed E-state index contributed by atoms with van der Waals surface area (Å²) < 4.78 is 79.6. The third kappa shape index (κ3) is 9.37.